The molecule has 7 atom stereocenters. The van der Waals surface area contributed by atoms with E-state index in [2.05, 4.69) is 6.92 Å². The number of aliphatic hydroxyl groups is 4. The fraction of sp³-hybridized carbons (Fsp3) is 0.914. The molecule has 0 saturated carbocycles. The Bertz CT molecular complexity index is 726. The maximum absolute atomic E-state index is 11.6. The number of cyclic esters (lactones) is 1. The smallest absolute Gasteiger partial charge is 0.334 e. The number of ether oxygens (including phenoxy) is 2. The Labute approximate surface area is 256 Å². The summed E-state index contributed by atoms with van der Waals surface area (Å²) in [6.45, 7) is 4.03. The summed E-state index contributed by atoms with van der Waals surface area (Å²) < 4.78 is 11.1. The molecule has 0 aromatic heterocycles. The van der Waals surface area contributed by atoms with E-state index >= 15 is 0 Å². The van der Waals surface area contributed by atoms with Gasteiger partial charge >= 0.3 is 5.97 Å². The molecule has 2 rings (SSSR count). The molecule has 2 heterocycles. The molecule has 0 bridgehead atoms. The fourth-order valence-electron chi connectivity index (χ4n) is 6.42. The Morgan fingerprint density at radius 3 is 1.57 bits per heavy atom. The zero-order valence-electron chi connectivity index (χ0n) is 26.9. The number of esters is 1. The SMILES string of the molecule is CCCCCCC[C@H](O)[C@H]1CC[C@@H]([C@@H](O)CCCCCCCCCC[C@@H](O)CCCC[C@@H](O)CC2=C[C@H](C)OC2=O)O1. The van der Waals surface area contributed by atoms with Crippen molar-refractivity contribution in [3.63, 3.8) is 0 Å². The van der Waals surface area contributed by atoms with Crippen molar-refractivity contribution in [2.45, 2.75) is 204 Å². The number of carbonyl (C=O) groups excluding carboxylic acids is 1. The monoisotopic (exact) mass is 596 g/mol. The highest BCUT2D eigenvalue weighted by Crippen LogP contribution is 2.28. The molecule has 1 saturated heterocycles. The van der Waals surface area contributed by atoms with Crippen molar-refractivity contribution < 1.29 is 34.7 Å². The van der Waals surface area contributed by atoms with E-state index in [0.29, 0.717) is 18.4 Å². The second-order valence-electron chi connectivity index (χ2n) is 13.1. The van der Waals surface area contributed by atoms with Crippen LogP contribution in [0.5, 0.6) is 0 Å². The minimum absolute atomic E-state index is 0.102. The summed E-state index contributed by atoms with van der Waals surface area (Å²) in [5.41, 5.74) is 0.581. The van der Waals surface area contributed by atoms with Crippen LogP contribution in [0, 0.1) is 0 Å². The molecule has 0 spiro atoms. The molecule has 0 aromatic rings. The fourth-order valence-corrected chi connectivity index (χ4v) is 6.42. The number of aliphatic hydroxyl groups excluding tert-OH is 4. The Morgan fingerprint density at radius 1 is 0.667 bits per heavy atom. The average molecular weight is 597 g/mol. The highest BCUT2D eigenvalue weighted by atomic mass is 16.5. The van der Waals surface area contributed by atoms with E-state index in [1.807, 2.05) is 6.92 Å². The number of rotatable bonds is 26. The van der Waals surface area contributed by atoms with E-state index in [1.54, 1.807) is 6.08 Å². The molecule has 2 aliphatic heterocycles. The summed E-state index contributed by atoms with van der Waals surface area (Å²) in [6, 6.07) is 0. The van der Waals surface area contributed by atoms with Gasteiger partial charge in [-0.3, -0.25) is 0 Å². The summed E-state index contributed by atoms with van der Waals surface area (Å²) in [5, 5.41) is 41.5. The van der Waals surface area contributed by atoms with E-state index in [9.17, 15) is 25.2 Å². The van der Waals surface area contributed by atoms with Gasteiger partial charge in [-0.05, 0) is 57.9 Å². The normalized spacial score (nSPS) is 23.5. The molecule has 0 amide bonds. The van der Waals surface area contributed by atoms with E-state index in [-0.39, 0.29) is 30.4 Å². The maximum Gasteiger partial charge on any atom is 0.334 e. The van der Waals surface area contributed by atoms with Crippen LogP contribution < -0.4 is 0 Å². The Hall–Kier alpha value is -0.990. The van der Waals surface area contributed by atoms with Gasteiger partial charge in [0.2, 0.25) is 0 Å². The molecule has 42 heavy (non-hydrogen) atoms. The Kier molecular flexibility index (Phi) is 19.9. The summed E-state index contributed by atoms with van der Waals surface area (Å²) in [5.74, 6) is -0.309. The lowest BCUT2D eigenvalue weighted by molar-refractivity contribution is -0.139. The van der Waals surface area contributed by atoms with Gasteiger partial charge in [-0.2, -0.15) is 0 Å². The van der Waals surface area contributed by atoms with Crippen LogP contribution in [0.1, 0.15) is 162 Å². The molecule has 0 radical (unpaired) electrons. The van der Waals surface area contributed by atoms with Crippen LogP contribution in [0.15, 0.2) is 11.6 Å². The predicted molar refractivity (Wildman–Crippen MR) is 168 cm³/mol. The molecule has 1 fully saturated rings. The summed E-state index contributed by atoms with van der Waals surface area (Å²) in [7, 11) is 0. The van der Waals surface area contributed by atoms with Gasteiger partial charge in [-0.1, -0.05) is 103 Å². The van der Waals surface area contributed by atoms with Crippen molar-refractivity contribution in [2.75, 3.05) is 0 Å². The lowest BCUT2D eigenvalue weighted by Crippen LogP contribution is -2.31. The van der Waals surface area contributed by atoms with Crippen molar-refractivity contribution >= 4 is 5.97 Å². The lowest BCUT2D eigenvalue weighted by Gasteiger charge is -2.22. The van der Waals surface area contributed by atoms with Crippen LogP contribution in [-0.2, 0) is 14.3 Å². The Balaban J connectivity index is 1.35. The molecular formula is C35H64O7. The van der Waals surface area contributed by atoms with E-state index < -0.39 is 18.3 Å². The topological polar surface area (TPSA) is 116 Å². The van der Waals surface area contributed by atoms with E-state index in [4.69, 9.17) is 9.47 Å². The lowest BCUT2D eigenvalue weighted by atomic mass is 9.99. The van der Waals surface area contributed by atoms with Gasteiger partial charge in [0.1, 0.15) is 6.10 Å². The first kappa shape index (κ1) is 37.2. The first-order valence-electron chi connectivity index (χ1n) is 17.6. The number of carbonyl (C=O) groups is 1. The second-order valence-corrected chi connectivity index (χ2v) is 13.1. The first-order valence-corrected chi connectivity index (χ1v) is 17.6. The molecule has 7 nitrogen and oxygen atoms in total. The van der Waals surface area contributed by atoms with Gasteiger partial charge in [0, 0.05) is 12.0 Å². The van der Waals surface area contributed by atoms with Crippen LogP contribution in [0.3, 0.4) is 0 Å². The Morgan fingerprint density at radius 2 is 1.10 bits per heavy atom. The number of hydrogen-bond donors (Lipinski definition) is 4. The largest absolute Gasteiger partial charge is 0.455 e. The van der Waals surface area contributed by atoms with E-state index in [1.165, 1.54) is 51.4 Å². The molecule has 2 aliphatic rings. The average Bonchev–Trinajstić information content (AvgIpc) is 3.58. The molecule has 7 heteroatoms. The van der Waals surface area contributed by atoms with Crippen molar-refractivity contribution in [1.82, 2.24) is 0 Å². The number of hydrogen-bond acceptors (Lipinski definition) is 7. The molecule has 0 unspecified atom stereocenters. The van der Waals surface area contributed by atoms with E-state index in [0.717, 1.165) is 83.5 Å². The summed E-state index contributed by atoms with van der Waals surface area (Å²) >= 11 is 0. The summed E-state index contributed by atoms with van der Waals surface area (Å²) in [6.07, 6.45) is 22.7. The highest BCUT2D eigenvalue weighted by Gasteiger charge is 2.34. The van der Waals surface area contributed by atoms with Gasteiger partial charge in [-0.15, -0.1) is 0 Å². The van der Waals surface area contributed by atoms with Crippen LogP contribution in [0.4, 0.5) is 0 Å². The highest BCUT2D eigenvalue weighted by molar-refractivity contribution is 5.90. The van der Waals surface area contributed by atoms with Crippen molar-refractivity contribution in [1.29, 1.82) is 0 Å². The van der Waals surface area contributed by atoms with Crippen LogP contribution in [-0.4, -0.2) is 69.1 Å². The predicted octanol–water partition coefficient (Wildman–Crippen LogP) is 7.06. The zero-order chi connectivity index (χ0) is 30.6. The van der Waals surface area contributed by atoms with Gasteiger partial charge in [0.15, 0.2) is 0 Å². The van der Waals surface area contributed by atoms with Crippen LogP contribution in [0.25, 0.3) is 0 Å². The van der Waals surface area contributed by atoms with Gasteiger partial charge < -0.3 is 29.9 Å². The minimum Gasteiger partial charge on any atom is -0.455 e. The molecule has 0 aromatic carbocycles. The van der Waals surface area contributed by atoms with Crippen LogP contribution in [0.2, 0.25) is 0 Å². The molecular weight excluding hydrogens is 532 g/mol. The molecule has 246 valence electrons. The van der Waals surface area contributed by atoms with Gasteiger partial charge in [0.25, 0.3) is 0 Å². The molecule has 0 aliphatic carbocycles. The quantitative estimate of drug-likeness (QED) is 0.0624. The van der Waals surface area contributed by atoms with Gasteiger partial charge in [0.05, 0.1) is 36.6 Å². The number of unbranched alkanes of at least 4 members (excludes halogenated alkanes) is 12. The second kappa shape index (κ2) is 22.5. The van der Waals surface area contributed by atoms with Crippen LogP contribution >= 0.6 is 0 Å². The third-order valence-corrected chi connectivity index (χ3v) is 9.11. The molecule has 4 N–H and O–H groups in total. The minimum atomic E-state index is -0.528. The third kappa shape index (κ3) is 16.2. The summed E-state index contributed by atoms with van der Waals surface area (Å²) in [4.78, 5) is 11.6. The zero-order valence-corrected chi connectivity index (χ0v) is 26.9. The standard InChI is InChI=1S/C35H64O7/c1-3-4-5-10-14-21-31(38)33-23-24-34(42-33)32(39)22-15-12-9-7-6-8-11-13-18-29(36)19-16-17-20-30(37)26-28-25-27(2)41-35(28)40/h25,27,29-34,36-39H,3-24,26H2,1-2H3/t27-,29+,30+,31-,32-,33+,34-/m0/s1. The first-order chi connectivity index (χ1) is 20.3. The van der Waals surface area contributed by atoms with Crippen molar-refractivity contribution in [2.24, 2.45) is 0 Å². The van der Waals surface area contributed by atoms with Crippen molar-refractivity contribution in [3.05, 3.63) is 11.6 Å². The maximum atomic E-state index is 11.6. The van der Waals surface area contributed by atoms with Crippen molar-refractivity contribution in [3.8, 4) is 0 Å². The third-order valence-electron chi connectivity index (χ3n) is 9.11. The van der Waals surface area contributed by atoms with Gasteiger partial charge in [-0.25, -0.2) is 4.79 Å².